The first-order valence-corrected chi connectivity index (χ1v) is 7.47. The predicted octanol–water partition coefficient (Wildman–Crippen LogP) is 2.92. The number of hydrogen-bond donors (Lipinski definition) is 0. The molecule has 5 heteroatoms. The maximum atomic E-state index is 13.7. The summed E-state index contributed by atoms with van der Waals surface area (Å²) >= 11 is 0. The second-order valence-corrected chi connectivity index (χ2v) is 5.97. The van der Waals surface area contributed by atoms with Crippen LogP contribution in [0.25, 0.3) is 0 Å². The van der Waals surface area contributed by atoms with Gasteiger partial charge in [0.15, 0.2) is 6.19 Å². The number of likely N-dealkylation sites (tertiary alicyclic amines) is 1. The molecule has 3 heterocycles. The molecule has 1 fully saturated rings. The number of ether oxygens (including phenoxy) is 1. The fraction of sp³-hybridized carbons (Fsp3) is 0.353. The van der Waals surface area contributed by atoms with Crippen LogP contribution in [-0.4, -0.2) is 28.2 Å². The first-order chi connectivity index (χ1) is 10.7. The second-order valence-electron chi connectivity index (χ2n) is 5.97. The van der Waals surface area contributed by atoms with Crippen LogP contribution in [0.15, 0.2) is 42.7 Å². The maximum absolute atomic E-state index is 13.7. The highest BCUT2D eigenvalue weighted by atomic mass is 19.1. The standard InChI is InChI=1S/C17H16FN3O/c18-13-3-4-15-14(11-13)16(21-7-1-2-8-21)17(22-15)5-9-20(12-19)10-6-17/h1-4,7-8,11,16H,5-6,9-10H2. The van der Waals surface area contributed by atoms with Crippen molar-refractivity contribution in [3.05, 3.63) is 54.1 Å². The van der Waals surface area contributed by atoms with Gasteiger partial charge in [0.05, 0.1) is 0 Å². The Labute approximate surface area is 128 Å². The van der Waals surface area contributed by atoms with E-state index in [1.54, 1.807) is 17.0 Å². The first kappa shape index (κ1) is 13.2. The van der Waals surface area contributed by atoms with Gasteiger partial charge in [0, 0.05) is 43.9 Å². The Morgan fingerprint density at radius 1 is 1.23 bits per heavy atom. The van der Waals surface area contributed by atoms with Crippen molar-refractivity contribution in [2.75, 3.05) is 13.1 Å². The molecule has 0 N–H and O–H groups in total. The molecule has 0 saturated carbocycles. The lowest BCUT2D eigenvalue weighted by Gasteiger charge is -2.40. The number of aromatic nitrogens is 1. The molecule has 4 rings (SSSR count). The minimum atomic E-state index is -0.400. The zero-order valence-electron chi connectivity index (χ0n) is 12.1. The number of halogens is 1. The highest BCUT2D eigenvalue weighted by Gasteiger charge is 2.51. The zero-order valence-corrected chi connectivity index (χ0v) is 12.1. The highest BCUT2D eigenvalue weighted by Crippen LogP contribution is 2.50. The minimum absolute atomic E-state index is 0.0472. The molecule has 112 valence electrons. The molecule has 1 saturated heterocycles. The van der Waals surface area contributed by atoms with Crippen molar-refractivity contribution in [3.63, 3.8) is 0 Å². The Morgan fingerprint density at radius 2 is 1.95 bits per heavy atom. The normalized spacial score (nSPS) is 22.2. The molecular weight excluding hydrogens is 281 g/mol. The molecule has 2 aliphatic heterocycles. The summed E-state index contributed by atoms with van der Waals surface area (Å²) in [6, 6.07) is 8.62. The molecule has 22 heavy (non-hydrogen) atoms. The summed E-state index contributed by atoms with van der Waals surface area (Å²) in [5.74, 6) is 0.511. The van der Waals surface area contributed by atoms with Gasteiger partial charge in [0.2, 0.25) is 0 Å². The Morgan fingerprint density at radius 3 is 2.64 bits per heavy atom. The Hall–Kier alpha value is -2.48. The Kier molecular flexibility index (Phi) is 2.86. The lowest BCUT2D eigenvalue weighted by molar-refractivity contribution is 0.00544. The van der Waals surface area contributed by atoms with Crippen LogP contribution in [0, 0.1) is 17.3 Å². The van der Waals surface area contributed by atoms with E-state index in [1.807, 2.05) is 24.5 Å². The molecule has 1 unspecified atom stereocenters. The summed E-state index contributed by atoms with van der Waals surface area (Å²) in [6.07, 6.45) is 7.69. The summed E-state index contributed by atoms with van der Waals surface area (Å²) in [5, 5.41) is 9.06. The van der Waals surface area contributed by atoms with Crippen LogP contribution < -0.4 is 4.74 Å². The van der Waals surface area contributed by atoms with Gasteiger partial charge in [-0.05, 0) is 30.3 Å². The van der Waals surface area contributed by atoms with Crippen molar-refractivity contribution in [2.45, 2.75) is 24.5 Å². The van der Waals surface area contributed by atoms with Crippen molar-refractivity contribution in [1.82, 2.24) is 9.47 Å². The van der Waals surface area contributed by atoms with Gasteiger partial charge in [-0.25, -0.2) is 4.39 Å². The second kappa shape index (κ2) is 4.77. The van der Waals surface area contributed by atoms with E-state index >= 15 is 0 Å². The van der Waals surface area contributed by atoms with E-state index < -0.39 is 5.60 Å². The SMILES string of the molecule is N#CN1CCC2(CC1)Oc1ccc(F)cc1C2n1cccc1. The summed E-state index contributed by atoms with van der Waals surface area (Å²) in [7, 11) is 0. The topological polar surface area (TPSA) is 41.2 Å². The molecule has 0 aliphatic carbocycles. The van der Waals surface area contributed by atoms with Crippen LogP contribution in [0.2, 0.25) is 0 Å². The third-order valence-corrected chi connectivity index (χ3v) is 4.75. The number of fused-ring (bicyclic) bond motifs is 1. The predicted molar refractivity (Wildman–Crippen MR) is 78.8 cm³/mol. The molecule has 2 aromatic rings. The summed E-state index contributed by atoms with van der Waals surface area (Å²) in [4.78, 5) is 1.75. The van der Waals surface area contributed by atoms with Gasteiger partial charge >= 0.3 is 0 Å². The van der Waals surface area contributed by atoms with Crippen LogP contribution in [0.1, 0.15) is 24.4 Å². The third-order valence-electron chi connectivity index (χ3n) is 4.75. The van der Waals surface area contributed by atoms with Gasteiger partial charge in [-0.2, -0.15) is 5.26 Å². The quantitative estimate of drug-likeness (QED) is 0.760. The number of piperidine rings is 1. The maximum Gasteiger partial charge on any atom is 0.179 e. The van der Waals surface area contributed by atoms with Crippen molar-refractivity contribution in [3.8, 4) is 11.9 Å². The highest BCUT2D eigenvalue weighted by molar-refractivity contribution is 5.44. The zero-order chi connectivity index (χ0) is 15.2. The van der Waals surface area contributed by atoms with E-state index in [1.165, 1.54) is 6.07 Å². The average Bonchev–Trinajstić information content (AvgIpc) is 3.13. The van der Waals surface area contributed by atoms with E-state index in [0.29, 0.717) is 13.1 Å². The molecular formula is C17H16FN3O. The monoisotopic (exact) mass is 297 g/mol. The van der Waals surface area contributed by atoms with Crippen molar-refractivity contribution >= 4 is 0 Å². The minimum Gasteiger partial charge on any atom is -0.484 e. The van der Waals surface area contributed by atoms with Gasteiger partial charge in [0.25, 0.3) is 0 Å². The molecule has 1 spiro atoms. The van der Waals surface area contributed by atoms with Crippen molar-refractivity contribution < 1.29 is 9.13 Å². The van der Waals surface area contributed by atoms with Crippen LogP contribution in [0.5, 0.6) is 5.75 Å². The molecule has 1 atom stereocenters. The van der Waals surface area contributed by atoms with Gasteiger partial charge in [-0.3, -0.25) is 0 Å². The van der Waals surface area contributed by atoms with Gasteiger partial charge in [0.1, 0.15) is 23.2 Å². The fourth-order valence-corrected chi connectivity index (χ4v) is 3.70. The van der Waals surface area contributed by atoms with E-state index in [-0.39, 0.29) is 11.9 Å². The van der Waals surface area contributed by atoms with Crippen LogP contribution in [0.3, 0.4) is 0 Å². The molecule has 4 nitrogen and oxygen atoms in total. The largest absolute Gasteiger partial charge is 0.484 e. The van der Waals surface area contributed by atoms with Gasteiger partial charge in [-0.1, -0.05) is 0 Å². The molecule has 0 amide bonds. The molecule has 0 radical (unpaired) electrons. The number of nitrogens with zero attached hydrogens (tertiary/aromatic N) is 3. The van der Waals surface area contributed by atoms with E-state index in [0.717, 1.165) is 24.2 Å². The fourth-order valence-electron chi connectivity index (χ4n) is 3.70. The summed E-state index contributed by atoms with van der Waals surface area (Å²) in [5.41, 5.74) is 0.490. The Bertz CT molecular complexity index is 727. The number of nitriles is 1. The molecule has 2 aliphatic rings. The Balaban J connectivity index is 1.78. The van der Waals surface area contributed by atoms with Gasteiger partial charge in [-0.15, -0.1) is 0 Å². The van der Waals surface area contributed by atoms with E-state index in [9.17, 15) is 4.39 Å². The average molecular weight is 297 g/mol. The molecule has 1 aromatic heterocycles. The number of benzene rings is 1. The third kappa shape index (κ3) is 1.87. The van der Waals surface area contributed by atoms with Crippen LogP contribution in [-0.2, 0) is 0 Å². The van der Waals surface area contributed by atoms with Crippen LogP contribution in [0.4, 0.5) is 4.39 Å². The summed E-state index contributed by atoms with van der Waals surface area (Å²) < 4.78 is 22.1. The number of hydrogen-bond acceptors (Lipinski definition) is 3. The van der Waals surface area contributed by atoms with Crippen LogP contribution >= 0.6 is 0 Å². The molecule has 0 bridgehead atoms. The van der Waals surface area contributed by atoms with Crippen molar-refractivity contribution in [1.29, 1.82) is 5.26 Å². The number of rotatable bonds is 1. The smallest absolute Gasteiger partial charge is 0.179 e. The summed E-state index contributed by atoms with van der Waals surface area (Å²) in [6.45, 7) is 1.34. The lowest BCUT2D eigenvalue weighted by atomic mass is 9.82. The lowest BCUT2D eigenvalue weighted by Crippen LogP contribution is -2.49. The van der Waals surface area contributed by atoms with E-state index in [4.69, 9.17) is 10.00 Å². The van der Waals surface area contributed by atoms with Gasteiger partial charge < -0.3 is 14.2 Å². The van der Waals surface area contributed by atoms with Crippen molar-refractivity contribution in [2.24, 2.45) is 0 Å². The first-order valence-electron chi connectivity index (χ1n) is 7.47. The van der Waals surface area contributed by atoms with E-state index in [2.05, 4.69) is 10.8 Å². The molecule has 1 aromatic carbocycles.